The topological polar surface area (TPSA) is 58.6 Å². The Morgan fingerprint density at radius 2 is 1.91 bits per heavy atom. The summed E-state index contributed by atoms with van der Waals surface area (Å²) >= 11 is 0. The van der Waals surface area contributed by atoms with Gasteiger partial charge in [0.25, 0.3) is 0 Å². The fraction of sp³-hybridized carbons (Fsp3) is 0.562. The Hall–Kier alpha value is -1.60. The summed E-state index contributed by atoms with van der Waals surface area (Å²) in [4.78, 5) is 8.90. The molecule has 0 spiro atoms. The summed E-state index contributed by atoms with van der Waals surface area (Å²) < 4.78 is 37.8. The van der Waals surface area contributed by atoms with Crippen molar-refractivity contribution in [2.75, 3.05) is 19.7 Å². The summed E-state index contributed by atoms with van der Waals surface area (Å²) in [6, 6.07) is 8.55. The van der Waals surface area contributed by atoms with Gasteiger partial charge in [0.1, 0.15) is 5.60 Å². The maximum Gasteiger partial charge on any atom is 0.490 e. The van der Waals surface area contributed by atoms with Crippen molar-refractivity contribution in [2.24, 2.45) is 0 Å². The van der Waals surface area contributed by atoms with Crippen molar-refractivity contribution >= 4 is 5.97 Å². The largest absolute Gasteiger partial charge is 0.490 e. The predicted octanol–water partition coefficient (Wildman–Crippen LogP) is 3.24. The molecular formula is C16H22F3NO3. The number of aliphatic carboxylic acids is 1. The maximum atomic E-state index is 10.6. The van der Waals surface area contributed by atoms with E-state index in [0.29, 0.717) is 0 Å². The van der Waals surface area contributed by atoms with E-state index in [1.165, 1.54) is 17.5 Å². The highest BCUT2D eigenvalue weighted by Gasteiger charge is 2.40. The van der Waals surface area contributed by atoms with Crippen LogP contribution in [0.25, 0.3) is 0 Å². The van der Waals surface area contributed by atoms with Crippen LogP contribution in [0.5, 0.6) is 0 Å². The lowest BCUT2D eigenvalue weighted by Crippen LogP contribution is -2.58. The Labute approximate surface area is 133 Å². The van der Waals surface area contributed by atoms with Crippen LogP contribution in [0.4, 0.5) is 13.2 Å². The van der Waals surface area contributed by atoms with Crippen molar-refractivity contribution in [3.8, 4) is 0 Å². The van der Waals surface area contributed by atoms with E-state index >= 15 is 0 Å². The molecule has 0 unspecified atom stereocenters. The fourth-order valence-corrected chi connectivity index (χ4v) is 2.22. The summed E-state index contributed by atoms with van der Waals surface area (Å²) in [6.07, 6.45) is -2.75. The number of carboxylic acids is 1. The number of nitrogens with one attached hydrogen (secondary N) is 1. The van der Waals surface area contributed by atoms with Gasteiger partial charge in [-0.3, -0.25) is 0 Å². The van der Waals surface area contributed by atoms with Gasteiger partial charge in [0.15, 0.2) is 0 Å². The first kappa shape index (κ1) is 19.4. The predicted molar refractivity (Wildman–Crippen MR) is 80.3 cm³/mol. The van der Waals surface area contributed by atoms with Gasteiger partial charge in [-0.05, 0) is 24.5 Å². The van der Waals surface area contributed by atoms with Crippen LogP contribution in [0, 0.1) is 6.92 Å². The molecule has 4 nitrogen and oxygen atoms in total. The molecule has 130 valence electrons. The highest BCUT2D eigenvalue weighted by molar-refractivity contribution is 5.73. The zero-order valence-corrected chi connectivity index (χ0v) is 13.2. The lowest BCUT2D eigenvalue weighted by Gasteiger charge is -2.43. The summed E-state index contributed by atoms with van der Waals surface area (Å²) in [5, 5.41) is 10.5. The number of hydrogen-bond donors (Lipinski definition) is 2. The van der Waals surface area contributed by atoms with Gasteiger partial charge in [-0.2, -0.15) is 13.2 Å². The normalized spacial score (nSPS) is 16.0. The van der Waals surface area contributed by atoms with Crippen LogP contribution < -0.4 is 5.32 Å². The molecule has 1 aliphatic heterocycles. The number of rotatable bonds is 5. The summed E-state index contributed by atoms with van der Waals surface area (Å²) in [6.45, 7) is 7.12. The van der Waals surface area contributed by atoms with Crippen LogP contribution in [0.1, 0.15) is 30.9 Å². The highest BCUT2D eigenvalue weighted by Crippen LogP contribution is 2.32. The minimum atomic E-state index is -5.08. The average Bonchev–Trinajstić information content (AvgIpc) is 2.43. The lowest BCUT2D eigenvalue weighted by molar-refractivity contribution is -0.192. The Morgan fingerprint density at radius 3 is 2.30 bits per heavy atom. The van der Waals surface area contributed by atoms with E-state index in [0.717, 1.165) is 26.1 Å². The van der Waals surface area contributed by atoms with E-state index in [4.69, 9.17) is 14.6 Å². The molecule has 0 bridgehead atoms. The molecule has 0 radical (unpaired) electrons. The molecule has 2 rings (SSSR count). The van der Waals surface area contributed by atoms with Crippen molar-refractivity contribution in [2.45, 2.75) is 38.5 Å². The molecule has 1 aliphatic rings. The van der Waals surface area contributed by atoms with Crippen molar-refractivity contribution < 1.29 is 27.8 Å². The van der Waals surface area contributed by atoms with Gasteiger partial charge in [0.05, 0.1) is 0 Å². The number of unbranched alkanes of at least 4 members (excludes halogenated alkanes) is 1. The van der Waals surface area contributed by atoms with Crippen molar-refractivity contribution in [1.82, 2.24) is 5.32 Å². The van der Waals surface area contributed by atoms with Gasteiger partial charge in [0.2, 0.25) is 0 Å². The molecule has 23 heavy (non-hydrogen) atoms. The monoisotopic (exact) mass is 333 g/mol. The third-order valence-corrected chi connectivity index (χ3v) is 3.58. The molecule has 1 fully saturated rings. The number of alkyl halides is 3. The SMILES string of the molecule is CCCCOC1(c2ccccc2C)CNC1.O=C(O)C(F)(F)F. The van der Waals surface area contributed by atoms with Crippen molar-refractivity contribution in [1.29, 1.82) is 0 Å². The minimum Gasteiger partial charge on any atom is -0.475 e. The second-order valence-corrected chi connectivity index (χ2v) is 5.42. The zero-order chi connectivity index (χ0) is 17.5. The van der Waals surface area contributed by atoms with E-state index < -0.39 is 12.1 Å². The van der Waals surface area contributed by atoms with Gasteiger partial charge in [-0.15, -0.1) is 0 Å². The average molecular weight is 333 g/mol. The molecule has 0 aliphatic carbocycles. The van der Waals surface area contributed by atoms with Crippen LogP contribution in [0.2, 0.25) is 0 Å². The first-order valence-corrected chi connectivity index (χ1v) is 7.44. The van der Waals surface area contributed by atoms with E-state index in [1.54, 1.807) is 0 Å². The molecule has 0 amide bonds. The molecule has 1 heterocycles. The Kier molecular flexibility index (Phi) is 7.02. The van der Waals surface area contributed by atoms with Gasteiger partial charge in [-0.1, -0.05) is 37.6 Å². The Morgan fingerprint density at radius 1 is 1.35 bits per heavy atom. The van der Waals surface area contributed by atoms with Crippen molar-refractivity contribution in [3.05, 3.63) is 35.4 Å². The zero-order valence-electron chi connectivity index (χ0n) is 13.2. The Balaban J connectivity index is 0.000000322. The second kappa shape index (κ2) is 8.31. The minimum absolute atomic E-state index is 0.0550. The summed E-state index contributed by atoms with van der Waals surface area (Å²) in [7, 11) is 0. The fourth-order valence-electron chi connectivity index (χ4n) is 2.22. The number of carboxylic acid groups (broad SMARTS) is 1. The first-order valence-electron chi connectivity index (χ1n) is 7.44. The number of carbonyl (C=O) groups is 1. The quantitative estimate of drug-likeness (QED) is 0.812. The first-order chi connectivity index (χ1) is 10.7. The third-order valence-electron chi connectivity index (χ3n) is 3.58. The highest BCUT2D eigenvalue weighted by atomic mass is 19.4. The van der Waals surface area contributed by atoms with Crippen LogP contribution >= 0.6 is 0 Å². The molecule has 2 N–H and O–H groups in total. The smallest absolute Gasteiger partial charge is 0.475 e. The van der Waals surface area contributed by atoms with Crippen LogP contribution in [0.3, 0.4) is 0 Å². The number of ether oxygens (including phenoxy) is 1. The third kappa shape index (κ3) is 5.51. The molecule has 0 aromatic heterocycles. The van der Waals surface area contributed by atoms with E-state index in [1.807, 2.05) is 0 Å². The van der Waals surface area contributed by atoms with Crippen LogP contribution in [-0.2, 0) is 15.1 Å². The van der Waals surface area contributed by atoms with Crippen molar-refractivity contribution in [3.63, 3.8) is 0 Å². The number of aryl methyl sites for hydroxylation is 1. The maximum absolute atomic E-state index is 10.6. The van der Waals surface area contributed by atoms with Crippen LogP contribution in [0.15, 0.2) is 24.3 Å². The molecule has 1 aromatic rings. The molecule has 7 heteroatoms. The summed E-state index contributed by atoms with van der Waals surface area (Å²) in [5.41, 5.74) is 2.63. The summed E-state index contributed by atoms with van der Waals surface area (Å²) in [5.74, 6) is -2.76. The van der Waals surface area contributed by atoms with E-state index in [9.17, 15) is 13.2 Å². The molecule has 0 saturated carbocycles. The standard InChI is InChI=1S/C14H21NO.C2HF3O2/c1-3-4-9-16-14(10-15-11-14)13-8-6-5-7-12(13)2;3-2(4,5)1(6)7/h5-8,15H,3-4,9-11H2,1-2H3;(H,6,7). The van der Waals surface area contributed by atoms with Gasteiger partial charge in [0, 0.05) is 19.7 Å². The number of benzene rings is 1. The van der Waals surface area contributed by atoms with E-state index in [-0.39, 0.29) is 5.60 Å². The second-order valence-electron chi connectivity index (χ2n) is 5.42. The molecular weight excluding hydrogens is 311 g/mol. The molecule has 1 saturated heterocycles. The molecule has 0 atom stereocenters. The molecule has 1 aromatic carbocycles. The Bertz CT molecular complexity index is 514. The lowest BCUT2D eigenvalue weighted by atomic mass is 9.85. The van der Waals surface area contributed by atoms with Gasteiger partial charge in [-0.25, -0.2) is 4.79 Å². The van der Waals surface area contributed by atoms with Gasteiger partial charge >= 0.3 is 12.1 Å². The number of halogens is 3. The van der Waals surface area contributed by atoms with Gasteiger partial charge < -0.3 is 15.2 Å². The van der Waals surface area contributed by atoms with E-state index in [2.05, 4.69) is 43.4 Å². The van der Waals surface area contributed by atoms with Crippen LogP contribution in [-0.4, -0.2) is 36.9 Å². The number of hydrogen-bond acceptors (Lipinski definition) is 3.